The van der Waals surface area contributed by atoms with Gasteiger partial charge in [0.05, 0.1) is 12.7 Å². The zero-order valence-corrected chi connectivity index (χ0v) is 9.53. The second-order valence-electron chi connectivity index (χ2n) is 3.78. The summed E-state index contributed by atoms with van der Waals surface area (Å²) in [6.07, 6.45) is -0.675. The summed E-state index contributed by atoms with van der Waals surface area (Å²) in [5.41, 5.74) is 7.54. The third-order valence-electron chi connectivity index (χ3n) is 2.28. The Kier molecular flexibility index (Phi) is 4.12. The van der Waals surface area contributed by atoms with E-state index in [1.54, 1.807) is 6.92 Å². The monoisotopic (exact) mass is 209 g/mol. The number of aryl methyl sites for hydroxylation is 1. The van der Waals surface area contributed by atoms with E-state index in [-0.39, 0.29) is 6.04 Å². The predicted molar refractivity (Wildman–Crippen MR) is 61.0 cm³/mol. The molecule has 0 aliphatic heterocycles. The first kappa shape index (κ1) is 12.0. The van der Waals surface area contributed by atoms with E-state index in [2.05, 4.69) is 0 Å². The summed E-state index contributed by atoms with van der Waals surface area (Å²) in [6, 6.07) is 5.45. The van der Waals surface area contributed by atoms with E-state index in [9.17, 15) is 5.11 Å². The maximum Gasteiger partial charge on any atom is 0.125 e. The first-order valence-electron chi connectivity index (χ1n) is 5.23. The van der Waals surface area contributed by atoms with Crippen LogP contribution in [0.25, 0.3) is 0 Å². The van der Waals surface area contributed by atoms with E-state index in [0.29, 0.717) is 12.4 Å². The molecule has 0 heterocycles. The summed E-state index contributed by atoms with van der Waals surface area (Å²) >= 11 is 0. The van der Waals surface area contributed by atoms with Crippen molar-refractivity contribution < 1.29 is 9.84 Å². The van der Waals surface area contributed by atoms with E-state index in [4.69, 9.17) is 10.5 Å². The molecule has 2 unspecified atom stereocenters. The summed E-state index contributed by atoms with van der Waals surface area (Å²) in [5, 5.41) is 9.92. The van der Waals surface area contributed by atoms with Gasteiger partial charge in [0.25, 0.3) is 0 Å². The quantitative estimate of drug-likeness (QED) is 0.794. The zero-order chi connectivity index (χ0) is 11.4. The number of nitrogens with two attached hydrogens (primary N) is 1. The van der Waals surface area contributed by atoms with Gasteiger partial charge in [-0.15, -0.1) is 0 Å². The van der Waals surface area contributed by atoms with Crippen LogP contribution in [0.2, 0.25) is 0 Å². The molecule has 0 saturated carbocycles. The zero-order valence-electron chi connectivity index (χ0n) is 9.53. The smallest absolute Gasteiger partial charge is 0.125 e. The van der Waals surface area contributed by atoms with Crippen LogP contribution < -0.4 is 10.5 Å². The Hall–Kier alpha value is -1.06. The lowest BCUT2D eigenvalue weighted by Gasteiger charge is -2.19. The van der Waals surface area contributed by atoms with Crippen molar-refractivity contribution in [3.63, 3.8) is 0 Å². The van der Waals surface area contributed by atoms with Crippen LogP contribution in [0.15, 0.2) is 18.2 Å². The molecule has 84 valence electrons. The molecule has 0 bridgehead atoms. The Labute approximate surface area is 90.9 Å². The van der Waals surface area contributed by atoms with Crippen LogP contribution in [-0.2, 0) is 0 Å². The summed E-state index contributed by atoms with van der Waals surface area (Å²) in [5.74, 6) is 0.716. The summed E-state index contributed by atoms with van der Waals surface area (Å²) in [4.78, 5) is 0. The molecule has 3 nitrogen and oxygen atoms in total. The molecular formula is C12H19NO2. The van der Waals surface area contributed by atoms with Gasteiger partial charge in [-0.1, -0.05) is 11.6 Å². The van der Waals surface area contributed by atoms with Crippen molar-refractivity contribution >= 4 is 0 Å². The van der Waals surface area contributed by atoms with Crippen LogP contribution in [0.1, 0.15) is 31.1 Å². The number of aliphatic hydroxyl groups is 1. The summed E-state index contributed by atoms with van der Waals surface area (Å²) in [7, 11) is 0. The van der Waals surface area contributed by atoms with Crippen molar-refractivity contribution in [2.45, 2.75) is 32.9 Å². The molecule has 1 aromatic rings. The Morgan fingerprint density at radius 3 is 2.67 bits per heavy atom. The van der Waals surface area contributed by atoms with Gasteiger partial charge in [-0.2, -0.15) is 0 Å². The molecule has 0 radical (unpaired) electrons. The van der Waals surface area contributed by atoms with Gasteiger partial charge < -0.3 is 15.6 Å². The second kappa shape index (κ2) is 5.14. The minimum absolute atomic E-state index is 0.300. The molecule has 0 spiro atoms. The molecular weight excluding hydrogens is 190 g/mol. The van der Waals surface area contributed by atoms with E-state index >= 15 is 0 Å². The molecule has 2 atom stereocenters. The van der Waals surface area contributed by atoms with Gasteiger partial charge in [-0.05, 0) is 32.9 Å². The number of hydrogen-bond acceptors (Lipinski definition) is 3. The molecule has 0 aliphatic carbocycles. The van der Waals surface area contributed by atoms with Crippen LogP contribution in [-0.4, -0.2) is 17.8 Å². The normalized spacial score (nSPS) is 14.7. The van der Waals surface area contributed by atoms with Crippen molar-refractivity contribution in [1.29, 1.82) is 0 Å². The predicted octanol–water partition coefficient (Wildman–Crippen LogP) is 1.77. The van der Waals surface area contributed by atoms with Crippen LogP contribution in [0.5, 0.6) is 5.75 Å². The van der Waals surface area contributed by atoms with Crippen LogP contribution in [0, 0.1) is 6.92 Å². The lowest BCUT2D eigenvalue weighted by atomic mass is 10.0. The highest BCUT2D eigenvalue weighted by Gasteiger charge is 2.17. The Bertz CT molecular complexity index is 323. The number of ether oxygens (including phenoxy) is 1. The average molecular weight is 209 g/mol. The molecule has 0 aromatic heterocycles. The van der Waals surface area contributed by atoms with Crippen molar-refractivity contribution in [1.82, 2.24) is 0 Å². The molecule has 0 amide bonds. The molecule has 0 saturated heterocycles. The van der Waals surface area contributed by atoms with E-state index in [1.807, 2.05) is 32.0 Å². The van der Waals surface area contributed by atoms with E-state index in [0.717, 1.165) is 11.1 Å². The molecule has 0 fully saturated rings. The fraction of sp³-hybridized carbons (Fsp3) is 0.500. The molecule has 3 heteroatoms. The van der Waals surface area contributed by atoms with Gasteiger partial charge >= 0.3 is 0 Å². The topological polar surface area (TPSA) is 55.5 Å². The largest absolute Gasteiger partial charge is 0.493 e. The third-order valence-corrected chi connectivity index (χ3v) is 2.28. The van der Waals surface area contributed by atoms with Gasteiger partial charge in [0.1, 0.15) is 5.75 Å². The van der Waals surface area contributed by atoms with Crippen molar-refractivity contribution in [2.75, 3.05) is 6.61 Å². The highest BCUT2D eigenvalue weighted by Crippen LogP contribution is 2.27. The van der Waals surface area contributed by atoms with Crippen LogP contribution in [0.4, 0.5) is 0 Å². The maximum atomic E-state index is 9.92. The van der Waals surface area contributed by atoms with Gasteiger partial charge in [0.15, 0.2) is 0 Å². The lowest BCUT2D eigenvalue weighted by molar-refractivity contribution is 0.148. The fourth-order valence-electron chi connectivity index (χ4n) is 1.47. The van der Waals surface area contributed by atoms with Crippen molar-refractivity contribution in [2.24, 2.45) is 5.73 Å². The molecule has 1 aromatic carbocycles. The SMILES string of the molecule is CCOc1ccc(C)cc1C(O)C(C)N. The molecule has 0 aliphatic rings. The first-order chi connectivity index (χ1) is 7.06. The van der Waals surface area contributed by atoms with E-state index < -0.39 is 6.10 Å². The highest BCUT2D eigenvalue weighted by molar-refractivity contribution is 5.39. The average Bonchev–Trinajstić information content (AvgIpc) is 2.20. The molecule has 15 heavy (non-hydrogen) atoms. The molecule has 3 N–H and O–H groups in total. The first-order valence-corrected chi connectivity index (χ1v) is 5.23. The van der Waals surface area contributed by atoms with E-state index in [1.165, 1.54) is 0 Å². The van der Waals surface area contributed by atoms with Gasteiger partial charge in [0, 0.05) is 11.6 Å². The highest BCUT2D eigenvalue weighted by atomic mass is 16.5. The maximum absolute atomic E-state index is 9.92. The van der Waals surface area contributed by atoms with Crippen LogP contribution in [0.3, 0.4) is 0 Å². The lowest BCUT2D eigenvalue weighted by Crippen LogP contribution is -2.25. The number of benzene rings is 1. The summed E-state index contributed by atoms with van der Waals surface area (Å²) in [6.45, 7) is 6.26. The number of aliphatic hydroxyl groups excluding tert-OH is 1. The van der Waals surface area contributed by atoms with Gasteiger partial charge in [-0.3, -0.25) is 0 Å². The fourth-order valence-corrected chi connectivity index (χ4v) is 1.47. The number of hydrogen-bond donors (Lipinski definition) is 2. The van der Waals surface area contributed by atoms with Crippen molar-refractivity contribution in [3.8, 4) is 5.75 Å². The standard InChI is InChI=1S/C12H19NO2/c1-4-15-11-6-5-8(2)7-10(11)12(14)9(3)13/h5-7,9,12,14H,4,13H2,1-3H3. The van der Waals surface area contributed by atoms with Gasteiger partial charge in [-0.25, -0.2) is 0 Å². The minimum Gasteiger partial charge on any atom is -0.493 e. The Balaban J connectivity index is 3.06. The minimum atomic E-state index is -0.675. The third kappa shape index (κ3) is 2.94. The number of rotatable bonds is 4. The van der Waals surface area contributed by atoms with Gasteiger partial charge in [0.2, 0.25) is 0 Å². The Morgan fingerprint density at radius 1 is 1.47 bits per heavy atom. The van der Waals surface area contributed by atoms with Crippen molar-refractivity contribution in [3.05, 3.63) is 29.3 Å². The second-order valence-corrected chi connectivity index (χ2v) is 3.78. The van der Waals surface area contributed by atoms with Crippen LogP contribution >= 0.6 is 0 Å². The molecule has 1 rings (SSSR count). The Morgan fingerprint density at radius 2 is 2.13 bits per heavy atom. The summed E-state index contributed by atoms with van der Waals surface area (Å²) < 4.78 is 5.45.